The Hall–Kier alpha value is -0.950. The molecule has 0 bridgehead atoms. The third-order valence-electron chi connectivity index (χ3n) is 8.61. The molecule has 0 aromatic rings. The van der Waals surface area contributed by atoms with E-state index in [2.05, 4.69) is 6.92 Å². The molecule has 0 saturated heterocycles. The van der Waals surface area contributed by atoms with Gasteiger partial charge < -0.3 is 25.2 Å². The topological polar surface area (TPSA) is 107 Å². The number of carbonyl (C=O) groups is 1. The number of ether oxygens (including phenoxy) is 1. The Bertz CT molecular complexity index is 651. The van der Waals surface area contributed by atoms with E-state index in [0.717, 1.165) is 57.8 Å². The molecule has 1 aliphatic rings. The highest BCUT2D eigenvalue weighted by atomic mass is 16.5. The van der Waals surface area contributed by atoms with E-state index in [1.165, 1.54) is 77.0 Å². The molecule has 0 aliphatic carbocycles. The zero-order valence-corrected chi connectivity index (χ0v) is 26.7. The minimum absolute atomic E-state index is 0.196. The van der Waals surface area contributed by atoms with E-state index in [1.807, 2.05) is 6.92 Å². The minimum Gasteiger partial charge on any atom is -0.455 e. The Morgan fingerprint density at radius 3 is 1.41 bits per heavy atom. The van der Waals surface area contributed by atoms with Gasteiger partial charge in [-0.15, -0.1) is 0 Å². The molecule has 0 aromatic heterocycles. The summed E-state index contributed by atoms with van der Waals surface area (Å²) in [5, 5.41) is 41.0. The molecule has 4 N–H and O–H groups in total. The van der Waals surface area contributed by atoms with Crippen molar-refractivity contribution < 1.29 is 30.0 Å². The van der Waals surface area contributed by atoms with Crippen LogP contribution in [0.15, 0.2) is 11.6 Å². The van der Waals surface area contributed by atoms with Gasteiger partial charge in [0.2, 0.25) is 0 Å². The molecule has 0 aromatic carbocycles. The SMILES string of the molecule is CCCCCCCCCCCCCCCC[C@H](O)[C@H](O)CCCC[C@H](O)CCCCC[C@@H](O)CC1=C[C@H](C)OC1=O. The number of aliphatic hydroxyl groups is 4. The molecule has 1 aliphatic heterocycles. The summed E-state index contributed by atoms with van der Waals surface area (Å²) in [6, 6.07) is 0. The smallest absolute Gasteiger partial charge is 0.334 e. The lowest BCUT2D eigenvalue weighted by molar-refractivity contribution is -0.139. The van der Waals surface area contributed by atoms with Gasteiger partial charge in [-0.05, 0) is 45.1 Å². The predicted octanol–water partition coefficient (Wildman–Crippen LogP) is 8.07. The highest BCUT2D eigenvalue weighted by Gasteiger charge is 2.24. The van der Waals surface area contributed by atoms with E-state index in [-0.39, 0.29) is 18.2 Å². The fourth-order valence-electron chi connectivity index (χ4n) is 5.88. The molecule has 0 unspecified atom stereocenters. The maximum absolute atomic E-state index is 11.6. The Labute approximate surface area is 252 Å². The molecule has 0 fully saturated rings. The zero-order chi connectivity index (χ0) is 30.1. The highest BCUT2D eigenvalue weighted by molar-refractivity contribution is 5.90. The van der Waals surface area contributed by atoms with E-state index in [9.17, 15) is 25.2 Å². The Kier molecular flexibility index (Phi) is 23.7. The minimum atomic E-state index is -0.661. The van der Waals surface area contributed by atoms with Gasteiger partial charge >= 0.3 is 5.97 Å². The van der Waals surface area contributed by atoms with Crippen LogP contribution in [0.25, 0.3) is 0 Å². The second kappa shape index (κ2) is 25.5. The van der Waals surface area contributed by atoms with Gasteiger partial charge in [-0.3, -0.25) is 0 Å². The molecule has 0 radical (unpaired) electrons. The lowest BCUT2D eigenvalue weighted by Crippen LogP contribution is -2.25. The zero-order valence-electron chi connectivity index (χ0n) is 26.7. The van der Waals surface area contributed by atoms with Crippen molar-refractivity contribution in [2.24, 2.45) is 0 Å². The molecule has 0 saturated carbocycles. The van der Waals surface area contributed by atoms with Crippen LogP contribution in [0.2, 0.25) is 0 Å². The van der Waals surface area contributed by atoms with Crippen LogP contribution in [0.3, 0.4) is 0 Å². The standard InChI is InChI=1S/C35H66O6/c1-3-4-5-6-7-8-9-10-11-12-13-14-15-19-25-33(38)34(39)26-21-20-23-31(36)22-17-16-18-24-32(37)28-30-27-29(2)41-35(30)40/h27,29,31-34,36-39H,3-26,28H2,1-2H3/t29-,31+,32+,33-,34+/m0/s1. The van der Waals surface area contributed by atoms with Gasteiger partial charge in [-0.25, -0.2) is 4.79 Å². The second-order valence-corrected chi connectivity index (χ2v) is 12.8. The van der Waals surface area contributed by atoms with Gasteiger partial charge in [-0.2, -0.15) is 0 Å². The van der Waals surface area contributed by atoms with Crippen molar-refractivity contribution in [2.45, 2.75) is 205 Å². The van der Waals surface area contributed by atoms with Crippen LogP contribution < -0.4 is 0 Å². The van der Waals surface area contributed by atoms with Crippen molar-refractivity contribution in [3.05, 3.63) is 11.6 Å². The number of esters is 1. The van der Waals surface area contributed by atoms with Gasteiger partial charge in [-0.1, -0.05) is 129 Å². The summed E-state index contributed by atoms with van der Waals surface area (Å²) < 4.78 is 5.06. The lowest BCUT2D eigenvalue weighted by Gasteiger charge is -2.18. The molecular weight excluding hydrogens is 516 g/mol. The maximum Gasteiger partial charge on any atom is 0.334 e. The molecular formula is C35H66O6. The first-order valence-corrected chi connectivity index (χ1v) is 17.5. The first-order valence-electron chi connectivity index (χ1n) is 17.5. The number of unbranched alkanes of at least 4 members (excludes halogenated alkanes) is 16. The Morgan fingerprint density at radius 2 is 0.951 bits per heavy atom. The van der Waals surface area contributed by atoms with Crippen molar-refractivity contribution in [3.8, 4) is 0 Å². The molecule has 1 heterocycles. The average Bonchev–Trinajstić information content (AvgIpc) is 3.26. The van der Waals surface area contributed by atoms with Gasteiger partial charge in [0.1, 0.15) is 6.10 Å². The van der Waals surface area contributed by atoms with Crippen molar-refractivity contribution in [2.75, 3.05) is 0 Å². The number of hydrogen-bond acceptors (Lipinski definition) is 6. The van der Waals surface area contributed by atoms with Crippen LogP contribution in [-0.4, -0.2) is 56.9 Å². The fourth-order valence-corrected chi connectivity index (χ4v) is 5.88. The molecule has 6 heteroatoms. The molecule has 1 rings (SSSR count). The van der Waals surface area contributed by atoms with Gasteiger partial charge in [0, 0.05) is 12.0 Å². The number of carbonyl (C=O) groups excluding carboxylic acids is 1. The monoisotopic (exact) mass is 582 g/mol. The maximum atomic E-state index is 11.6. The number of rotatable bonds is 29. The van der Waals surface area contributed by atoms with E-state index in [4.69, 9.17) is 4.74 Å². The van der Waals surface area contributed by atoms with Crippen LogP contribution in [0, 0.1) is 0 Å². The Morgan fingerprint density at radius 1 is 0.585 bits per heavy atom. The lowest BCUT2D eigenvalue weighted by atomic mass is 9.98. The third kappa shape index (κ3) is 21.4. The van der Waals surface area contributed by atoms with Crippen LogP contribution >= 0.6 is 0 Å². The van der Waals surface area contributed by atoms with E-state index in [0.29, 0.717) is 31.3 Å². The van der Waals surface area contributed by atoms with E-state index in [1.54, 1.807) is 6.08 Å². The molecule has 41 heavy (non-hydrogen) atoms. The summed E-state index contributed by atoms with van der Waals surface area (Å²) in [6.07, 6.45) is 26.0. The summed E-state index contributed by atoms with van der Waals surface area (Å²) in [5.74, 6) is -0.313. The first kappa shape index (κ1) is 38.1. The van der Waals surface area contributed by atoms with Gasteiger partial charge in [0.15, 0.2) is 0 Å². The summed E-state index contributed by atoms with van der Waals surface area (Å²) in [7, 11) is 0. The molecule has 0 amide bonds. The van der Waals surface area contributed by atoms with Crippen molar-refractivity contribution >= 4 is 5.97 Å². The van der Waals surface area contributed by atoms with Crippen molar-refractivity contribution in [1.82, 2.24) is 0 Å². The van der Waals surface area contributed by atoms with E-state index < -0.39 is 18.3 Å². The number of aliphatic hydroxyl groups excluding tert-OH is 4. The largest absolute Gasteiger partial charge is 0.455 e. The van der Waals surface area contributed by atoms with Crippen LogP contribution in [0.1, 0.15) is 174 Å². The predicted molar refractivity (Wildman–Crippen MR) is 169 cm³/mol. The fraction of sp³-hybridized carbons (Fsp3) is 0.914. The molecule has 0 spiro atoms. The highest BCUT2D eigenvalue weighted by Crippen LogP contribution is 2.21. The molecule has 242 valence electrons. The number of cyclic esters (lactones) is 1. The average molecular weight is 583 g/mol. The van der Waals surface area contributed by atoms with Crippen molar-refractivity contribution in [3.63, 3.8) is 0 Å². The van der Waals surface area contributed by atoms with Crippen LogP contribution in [0.5, 0.6) is 0 Å². The summed E-state index contributed by atoms with van der Waals surface area (Å²) >= 11 is 0. The summed E-state index contributed by atoms with van der Waals surface area (Å²) in [5.41, 5.74) is 0.577. The first-order chi connectivity index (χ1) is 19.8. The normalized spacial score (nSPS) is 18.2. The third-order valence-corrected chi connectivity index (χ3v) is 8.61. The number of hydrogen-bond donors (Lipinski definition) is 4. The van der Waals surface area contributed by atoms with Gasteiger partial charge in [0.05, 0.1) is 24.4 Å². The van der Waals surface area contributed by atoms with Crippen molar-refractivity contribution in [1.29, 1.82) is 0 Å². The van der Waals surface area contributed by atoms with Gasteiger partial charge in [0.25, 0.3) is 0 Å². The van der Waals surface area contributed by atoms with E-state index >= 15 is 0 Å². The molecule has 5 atom stereocenters. The van der Waals surface area contributed by atoms with Crippen LogP contribution in [-0.2, 0) is 9.53 Å². The second-order valence-electron chi connectivity index (χ2n) is 12.8. The summed E-state index contributed by atoms with van der Waals surface area (Å²) in [4.78, 5) is 11.6. The van der Waals surface area contributed by atoms with Crippen LogP contribution in [0.4, 0.5) is 0 Å². The Balaban J connectivity index is 1.88. The molecule has 6 nitrogen and oxygen atoms in total. The quantitative estimate of drug-likeness (QED) is 0.0525. The summed E-state index contributed by atoms with van der Waals surface area (Å²) in [6.45, 7) is 4.08.